The van der Waals surface area contributed by atoms with Crippen molar-refractivity contribution >= 4 is 34.3 Å². The number of thioether (sulfide) groups is 1. The molecule has 0 fully saturated rings. The Morgan fingerprint density at radius 1 is 1.03 bits per heavy atom. The van der Waals surface area contributed by atoms with E-state index in [2.05, 4.69) is 23.3 Å². The SMILES string of the molecule is CCOc1cccc(NC(=O)CSc2nc(-c3ccc(F)cc3)nc3ccc(CC)cc23)c1. The van der Waals surface area contributed by atoms with Crippen LogP contribution >= 0.6 is 11.8 Å². The minimum Gasteiger partial charge on any atom is -0.494 e. The summed E-state index contributed by atoms with van der Waals surface area (Å²) >= 11 is 1.35. The van der Waals surface area contributed by atoms with E-state index in [0.29, 0.717) is 28.9 Å². The fraction of sp³-hybridized carbons (Fsp3) is 0.192. The van der Waals surface area contributed by atoms with E-state index in [9.17, 15) is 9.18 Å². The largest absolute Gasteiger partial charge is 0.494 e. The Kier molecular flexibility index (Phi) is 7.19. The van der Waals surface area contributed by atoms with Gasteiger partial charge in [-0.05, 0) is 67.4 Å². The van der Waals surface area contributed by atoms with Gasteiger partial charge in [0.2, 0.25) is 5.91 Å². The zero-order chi connectivity index (χ0) is 23.2. The normalized spacial score (nSPS) is 10.9. The average Bonchev–Trinajstić information content (AvgIpc) is 2.83. The van der Waals surface area contributed by atoms with E-state index in [0.717, 1.165) is 22.9 Å². The first-order valence-corrected chi connectivity index (χ1v) is 11.8. The zero-order valence-corrected chi connectivity index (χ0v) is 19.3. The van der Waals surface area contributed by atoms with Crippen molar-refractivity contribution in [2.45, 2.75) is 25.3 Å². The van der Waals surface area contributed by atoms with Crippen LogP contribution in [0.4, 0.5) is 10.1 Å². The number of halogens is 1. The summed E-state index contributed by atoms with van der Waals surface area (Å²) in [6.45, 7) is 4.56. The van der Waals surface area contributed by atoms with Crippen molar-refractivity contribution in [1.82, 2.24) is 9.97 Å². The molecule has 7 heteroatoms. The predicted octanol–water partition coefficient (Wildman–Crippen LogP) is 6.13. The number of hydrogen-bond acceptors (Lipinski definition) is 5. The Labute approximate surface area is 196 Å². The van der Waals surface area contributed by atoms with Crippen LogP contribution in [0.1, 0.15) is 19.4 Å². The quantitative estimate of drug-likeness (QED) is 0.253. The lowest BCUT2D eigenvalue weighted by molar-refractivity contribution is -0.113. The van der Waals surface area contributed by atoms with Crippen LogP contribution in [0.15, 0.2) is 71.8 Å². The molecule has 5 nitrogen and oxygen atoms in total. The van der Waals surface area contributed by atoms with E-state index >= 15 is 0 Å². The minimum absolute atomic E-state index is 0.143. The maximum Gasteiger partial charge on any atom is 0.234 e. The van der Waals surface area contributed by atoms with Crippen molar-refractivity contribution < 1.29 is 13.9 Å². The third kappa shape index (κ3) is 5.68. The van der Waals surface area contributed by atoms with Gasteiger partial charge in [-0.25, -0.2) is 14.4 Å². The first-order chi connectivity index (χ1) is 16.1. The highest BCUT2D eigenvalue weighted by atomic mass is 32.2. The van der Waals surface area contributed by atoms with Crippen LogP contribution in [0.3, 0.4) is 0 Å². The van der Waals surface area contributed by atoms with E-state index in [4.69, 9.17) is 9.72 Å². The second-order valence-electron chi connectivity index (χ2n) is 7.36. The topological polar surface area (TPSA) is 64.1 Å². The number of carbonyl (C=O) groups is 1. The van der Waals surface area contributed by atoms with Crippen LogP contribution < -0.4 is 10.1 Å². The standard InChI is InChI=1S/C26H24FN3O2S/c1-3-17-8-13-23-22(14-17)26(30-25(29-23)18-9-11-19(27)12-10-18)33-16-24(31)28-20-6-5-7-21(15-20)32-4-2/h5-15H,3-4,16H2,1-2H3,(H,28,31). The lowest BCUT2D eigenvalue weighted by atomic mass is 10.1. The van der Waals surface area contributed by atoms with Crippen molar-refractivity contribution in [2.75, 3.05) is 17.7 Å². The fourth-order valence-electron chi connectivity index (χ4n) is 3.37. The molecular formula is C26H24FN3O2S. The second-order valence-corrected chi connectivity index (χ2v) is 8.33. The Hall–Kier alpha value is -3.45. The van der Waals surface area contributed by atoms with Crippen LogP contribution in [0.5, 0.6) is 5.75 Å². The molecule has 0 aliphatic heterocycles. The minimum atomic E-state index is -0.313. The number of nitrogens with zero attached hydrogens (tertiary/aromatic N) is 2. The summed E-state index contributed by atoms with van der Waals surface area (Å²) in [7, 11) is 0. The highest BCUT2D eigenvalue weighted by Crippen LogP contribution is 2.30. The number of fused-ring (bicyclic) bond motifs is 1. The molecule has 4 rings (SSSR count). The van der Waals surface area contributed by atoms with Gasteiger partial charge in [-0.2, -0.15) is 0 Å². The number of aromatic nitrogens is 2. The van der Waals surface area contributed by atoms with Gasteiger partial charge in [0.25, 0.3) is 0 Å². The van der Waals surface area contributed by atoms with Crippen molar-refractivity contribution in [3.05, 3.63) is 78.1 Å². The van der Waals surface area contributed by atoms with Gasteiger partial charge in [0, 0.05) is 22.7 Å². The van der Waals surface area contributed by atoms with Gasteiger partial charge in [0.1, 0.15) is 16.6 Å². The molecule has 1 amide bonds. The van der Waals surface area contributed by atoms with Gasteiger partial charge >= 0.3 is 0 Å². The van der Waals surface area contributed by atoms with Crippen molar-refractivity contribution in [1.29, 1.82) is 0 Å². The number of aryl methyl sites for hydroxylation is 1. The highest BCUT2D eigenvalue weighted by Gasteiger charge is 2.13. The summed E-state index contributed by atoms with van der Waals surface area (Å²) in [4.78, 5) is 22.0. The number of nitrogens with one attached hydrogen (secondary N) is 1. The van der Waals surface area contributed by atoms with Crippen LogP contribution in [-0.2, 0) is 11.2 Å². The van der Waals surface area contributed by atoms with Crippen molar-refractivity contribution in [3.63, 3.8) is 0 Å². The van der Waals surface area contributed by atoms with Crippen LogP contribution in [0.2, 0.25) is 0 Å². The fourth-order valence-corrected chi connectivity index (χ4v) is 4.18. The van der Waals surface area contributed by atoms with Gasteiger partial charge in [0.05, 0.1) is 17.9 Å². The van der Waals surface area contributed by atoms with Gasteiger partial charge in [-0.1, -0.05) is 30.8 Å². The van der Waals surface area contributed by atoms with Crippen LogP contribution in [-0.4, -0.2) is 28.2 Å². The molecule has 1 N–H and O–H groups in total. The summed E-state index contributed by atoms with van der Waals surface area (Å²) < 4.78 is 18.9. The third-order valence-electron chi connectivity index (χ3n) is 5.00. The van der Waals surface area contributed by atoms with E-state index in [-0.39, 0.29) is 17.5 Å². The van der Waals surface area contributed by atoms with Gasteiger partial charge < -0.3 is 10.1 Å². The Bertz CT molecular complexity index is 1280. The molecule has 4 aromatic rings. The Balaban J connectivity index is 1.59. The van der Waals surface area contributed by atoms with Gasteiger partial charge in [0.15, 0.2) is 5.82 Å². The van der Waals surface area contributed by atoms with Crippen LogP contribution in [0.25, 0.3) is 22.3 Å². The molecule has 168 valence electrons. The predicted molar refractivity (Wildman–Crippen MR) is 131 cm³/mol. The number of hydrogen-bond donors (Lipinski definition) is 1. The van der Waals surface area contributed by atoms with Crippen LogP contribution in [0, 0.1) is 5.82 Å². The second kappa shape index (κ2) is 10.4. The lowest BCUT2D eigenvalue weighted by Gasteiger charge is -2.11. The number of amides is 1. The molecule has 0 unspecified atom stereocenters. The lowest BCUT2D eigenvalue weighted by Crippen LogP contribution is -2.14. The molecule has 0 radical (unpaired) electrons. The third-order valence-corrected chi connectivity index (χ3v) is 6.00. The molecule has 1 aromatic heterocycles. The van der Waals surface area contributed by atoms with E-state index in [1.807, 2.05) is 37.3 Å². The number of carbonyl (C=O) groups excluding carboxylic acids is 1. The molecule has 0 bridgehead atoms. The maximum absolute atomic E-state index is 13.4. The first kappa shape index (κ1) is 22.7. The number of rotatable bonds is 8. The molecule has 0 aliphatic carbocycles. The summed E-state index contributed by atoms with van der Waals surface area (Å²) in [6, 6.07) is 19.5. The summed E-state index contributed by atoms with van der Waals surface area (Å²) in [5.41, 5.74) is 3.35. The Morgan fingerprint density at radius 3 is 2.61 bits per heavy atom. The highest BCUT2D eigenvalue weighted by molar-refractivity contribution is 8.00. The molecule has 0 saturated heterocycles. The van der Waals surface area contributed by atoms with E-state index < -0.39 is 0 Å². The molecule has 0 atom stereocenters. The Morgan fingerprint density at radius 2 is 1.85 bits per heavy atom. The van der Waals surface area contributed by atoms with Crippen molar-refractivity contribution in [2.24, 2.45) is 0 Å². The number of ether oxygens (including phenoxy) is 1. The molecule has 3 aromatic carbocycles. The average molecular weight is 462 g/mol. The zero-order valence-electron chi connectivity index (χ0n) is 18.5. The molecule has 33 heavy (non-hydrogen) atoms. The maximum atomic E-state index is 13.4. The van der Waals surface area contributed by atoms with E-state index in [1.165, 1.54) is 29.5 Å². The molecule has 0 saturated carbocycles. The smallest absolute Gasteiger partial charge is 0.234 e. The number of benzene rings is 3. The number of anilines is 1. The van der Waals surface area contributed by atoms with Crippen molar-refractivity contribution in [3.8, 4) is 17.1 Å². The van der Waals surface area contributed by atoms with E-state index in [1.54, 1.807) is 18.2 Å². The molecule has 0 spiro atoms. The van der Waals surface area contributed by atoms with Gasteiger partial charge in [-0.15, -0.1) is 0 Å². The first-order valence-electron chi connectivity index (χ1n) is 10.8. The summed E-state index contributed by atoms with van der Waals surface area (Å²) in [6.07, 6.45) is 0.885. The monoisotopic (exact) mass is 461 g/mol. The molecule has 0 aliphatic rings. The summed E-state index contributed by atoms with van der Waals surface area (Å²) in [5, 5.41) is 4.52. The summed E-state index contributed by atoms with van der Waals surface area (Å²) in [5.74, 6) is 0.937. The van der Waals surface area contributed by atoms with Gasteiger partial charge in [-0.3, -0.25) is 4.79 Å². The molecule has 1 heterocycles. The molecular weight excluding hydrogens is 437 g/mol.